The molecule has 0 bridgehead atoms. The van der Waals surface area contributed by atoms with Crippen LogP contribution in [0.5, 0.6) is 0 Å². The third kappa shape index (κ3) is 19.3. The second-order valence-electron chi connectivity index (χ2n) is 23.0. The Balaban J connectivity index is 0.000000199. The average Bonchev–Trinajstić information content (AvgIpc) is 0.776. The molecule has 0 unspecified atom stereocenters. The van der Waals surface area contributed by atoms with Crippen molar-refractivity contribution in [2.24, 2.45) is 0 Å². The Labute approximate surface area is 571 Å². The van der Waals surface area contributed by atoms with Crippen LogP contribution in [0.1, 0.15) is 55.6 Å². The summed E-state index contributed by atoms with van der Waals surface area (Å²) >= 11 is 10.1. The van der Waals surface area contributed by atoms with Crippen molar-refractivity contribution in [3.05, 3.63) is 361 Å². The molecule has 12 rings (SSSR count). The van der Waals surface area contributed by atoms with Gasteiger partial charge in [0.1, 0.15) is 0 Å². The van der Waals surface area contributed by atoms with E-state index in [9.17, 15) is 0 Å². The molecular formula is C84H78Br3N5. The van der Waals surface area contributed by atoms with Gasteiger partial charge in [0.15, 0.2) is 0 Å². The lowest BCUT2D eigenvalue weighted by Crippen LogP contribution is -2.16. The van der Waals surface area contributed by atoms with Gasteiger partial charge in [-0.1, -0.05) is 194 Å². The van der Waals surface area contributed by atoms with Crippen molar-refractivity contribution >= 4 is 134 Å². The molecule has 0 atom stereocenters. The first-order valence-electron chi connectivity index (χ1n) is 30.7. The van der Waals surface area contributed by atoms with Crippen LogP contribution in [0.15, 0.2) is 306 Å². The Morgan fingerprint density at radius 1 is 0.239 bits per heavy atom. The Morgan fingerprint density at radius 2 is 0.457 bits per heavy atom. The van der Waals surface area contributed by atoms with Gasteiger partial charge in [-0.3, -0.25) is 0 Å². The second kappa shape index (κ2) is 32.5. The fourth-order valence-corrected chi connectivity index (χ4v) is 13.1. The molecule has 0 aliphatic heterocycles. The van der Waals surface area contributed by atoms with E-state index in [1.807, 2.05) is 42.5 Å². The molecule has 0 aliphatic carbocycles. The van der Waals surface area contributed by atoms with E-state index in [2.05, 4.69) is 390 Å². The van der Waals surface area contributed by atoms with E-state index < -0.39 is 0 Å². The van der Waals surface area contributed by atoms with E-state index in [1.54, 1.807) is 0 Å². The molecule has 12 aromatic carbocycles. The normalized spacial score (nSPS) is 10.4. The first-order chi connectivity index (χ1) is 44.4. The van der Waals surface area contributed by atoms with Gasteiger partial charge in [0, 0.05) is 70.3 Å². The molecule has 0 saturated carbocycles. The molecular weight excluding hydrogens is 1320 g/mol. The van der Waals surface area contributed by atoms with E-state index in [1.165, 1.54) is 44.5 Å². The Hall–Kier alpha value is -9.44. The van der Waals surface area contributed by atoms with Gasteiger partial charge in [-0.2, -0.15) is 0 Å². The summed E-state index contributed by atoms with van der Waals surface area (Å²) in [6.45, 7) is 24.9. The third-order valence-electron chi connectivity index (χ3n) is 14.9. The van der Waals surface area contributed by atoms with Crippen LogP contribution >= 0.6 is 47.8 Å². The fraction of sp³-hybridized carbons (Fsp3) is 0.0952. The Bertz CT molecular complexity index is 4180. The van der Waals surface area contributed by atoms with Gasteiger partial charge in [0.25, 0.3) is 0 Å². The quantitative estimate of drug-likeness (QED) is 0.107. The standard InChI is InChI=1S/C49H45N3.C15H15N.C14H15N.C6H3Br3/c1-7-40-19-13-25-46(31-40)52(45-24-12-18-39(6)30-45)49-33-47(50(41-20-8-14-35(2)26-41)42-21-9-15-36(3)27-42)32-48(34-49)51(43-22-10-16-37(4)28-43)44-23-11-17-38(5)29-44;1-3-13-7-5-9-15(11-13)16-14-8-4-6-12(2)10-14;1-11-5-3-7-13(9-11)15-14-8-4-6-12(2)10-14;7-4-1-5(8)3-6(9)2-4/h7-34H,1H2,2-6H3;3-11,16H,1H2,2H3;3-10,15H,1-2H3;1-3H. The molecule has 460 valence electrons. The predicted molar refractivity (Wildman–Crippen MR) is 410 cm³/mol. The van der Waals surface area contributed by atoms with Crippen molar-refractivity contribution in [2.45, 2.75) is 55.4 Å². The van der Waals surface area contributed by atoms with Crippen molar-refractivity contribution in [1.29, 1.82) is 0 Å². The molecule has 0 amide bonds. The Kier molecular flexibility index (Phi) is 23.7. The van der Waals surface area contributed by atoms with Crippen molar-refractivity contribution in [3.8, 4) is 0 Å². The van der Waals surface area contributed by atoms with E-state index in [-0.39, 0.29) is 0 Å². The highest BCUT2D eigenvalue weighted by atomic mass is 79.9. The molecule has 0 spiro atoms. The smallest absolute Gasteiger partial charge is 0.0503 e. The summed E-state index contributed by atoms with van der Waals surface area (Å²) in [6, 6.07) is 98.6. The van der Waals surface area contributed by atoms with Crippen molar-refractivity contribution < 1.29 is 0 Å². The van der Waals surface area contributed by atoms with Gasteiger partial charge in [-0.25, -0.2) is 0 Å². The maximum Gasteiger partial charge on any atom is 0.0503 e. The number of nitrogens with zero attached hydrogens (tertiary/aromatic N) is 3. The fourth-order valence-electron chi connectivity index (χ4n) is 10.7. The molecule has 8 heteroatoms. The largest absolute Gasteiger partial charge is 0.356 e. The minimum Gasteiger partial charge on any atom is -0.356 e. The van der Waals surface area contributed by atoms with Crippen molar-refractivity contribution in [3.63, 3.8) is 0 Å². The average molecular weight is 1400 g/mol. The van der Waals surface area contributed by atoms with Crippen LogP contribution in [-0.2, 0) is 0 Å². The maximum atomic E-state index is 4.10. The highest BCUT2D eigenvalue weighted by molar-refractivity contribution is 9.11. The van der Waals surface area contributed by atoms with Gasteiger partial charge < -0.3 is 25.3 Å². The molecule has 0 radical (unpaired) electrons. The van der Waals surface area contributed by atoms with Crippen LogP contribution in [-0.4, -0.2) is 0 Å². The lowest BCUT2D eigenvalue weighted by atomic mass is 10.1. The summed E-state index contributed by atoms with van der Waals surface area (Å²) in [6.07, 6.45) is 3.76. The minimum absolute atomic E-state index is 1.04. The summed E-state index contributed by atoms with van der Waals surface area (Å²) in [5.74, 6) is 0. The van der Waals surface area contributed by atoms with E-state index in [0.717, 1.165) is 98.5 Å². The summed E-state index contributed by atoms with van der Waals surface area (Å²) in [7, 11) is 0. The number of aryl methyl sites for hydroxylation is 8. The molecule has 0 aliphatic rings. The van der Waals surface area contributed by atoms with E-state index in [0.29, 0.717) is 0 Å². The van der Waals surface area contributed by atoms with Crippen LogP contribution in [0.3, 0.4) is 0 Å². The van der Waals surface area contributed by atoms with Crippen LogP contribution in [0, 0.1) is 55.4 Å². The molecule has 0 heterocycles. The summed E-state index contributed by atoms with van der Waals surface area (Å²) < 4.78 is 3.22. The lowest BCUT2D eigenvalue weighted by molar-refractivity contribution is 1.21. The van der Waals surface area contributed by atoms with Crippen molar-refractivity contribution in [1.82, 2.24) is 0 Å². The Morgan fingerprint density at radius 3 is 0.717 bits per heavy atom. The number of nitrogens with one attached hydrogen (secondary N) is 2. The first-order valence-corrected chi connectivity index (χ1v) is 33.0. The lowest BCUT2D eigenvalue weighted by Gasteiger charge is -2.33. The van der Waals surface area contributed by atoms with Gasteiger partial charge in [0.2, 0.25) is 0 Å². The zero-order valence-corrected chi connectivity index (χ0v) is 58.4. The molecule has 0 fully saturated rings. The monoisotopic (exact) mass is 1390 g/mol. The summed E-state index contributed by atoms with van der Waals surface area (Å²) in [4.78, 5) is 7.13. The van der Waals surface area contributed by atoms with Crippen LogP contribution in [0.4, 0.5) is 73.9 Å². The number of hydrogen-bond acceptors (Lipinski definition) is 5. The number of anilines is 13. The summed E-state index contributed by atoms with van der Waals surface area (Å²) in [5, 5.41) is 6.76. The topological polar surface area (TPSA) is 33.8 Å². The zero-order valence-electron chi connectivity index (χ0n) is 53.6. The molecule has 12 aromatic rings. The SMILES string of the molecule is Brc1cc(Br)cc(Br)c1.C=Cc1cccc(N(c2cccc(C)c2)c2cc(N(c3cccc(C)c3)c3cccc(C)c3)cc(N(c3cccc(C)c3)c3cccc(C)c3)c2)c1.C=Cc1cccc(Nc2cccc(C)c2)c1.Cc1cccc(Nc2cccc(C)c2)c1. The molecule has 0 saturated heterocycles. The van der Waals surface area contributed by atoms with E-state index >= 15 is 0 Å². The van der Waals surface area contributed by atoms with E-state index in [4.69, 9.17) is 0 Å². The number of rotatable bonds is 15. The van der Waals surface area contributed by atoms with Crippen LogP contribution in [0.2, 0.25) is 0 Å². The zero-order chi connectivity index (χ0) is 65.1. The number of benzene rings is 12. The van der Waals surface area contributed by atoms with Gasteiger partial charge in [-0.05, 0) is 269 Å². The minimum atomic E-state index is 1.04. The van der Waals surface area contributed by atoms with Gasteiger partial charge >= 0.3 is 0 Å². The first kappa shape index (κ1) is 67.0. The summed E-state index contributed by atoms with van der Waals surface area (Å²) in [5.41, 5.74) is 26.1. The van der Waals surface area contributed by atoms with Crippen LogP contribution < -0.4 is 25.3 Å². The van der Waals surface area contributed by atoms with Gasteiger partial charge in [-0.15, -0.1) is 0 Å². The molecule has 2 N–H and O–H groups in total. The highest BCUT2D eigenvalue weighted by Gasteiger charge is 2.23. The predicted octanol–water partition coefficient (Wildman–Crippen LogP) is 26.7. The molecule has 0 aromatic heterocycles. The maximum absolute atomic E-state index is 4.10. The molecule has 92 heavy (non-hydrogen) atoms. The molecule has 5 nitrogen and oxygen atoms in total. The highest BCUT2D eigenvalue weighted by Crippen LogP contribution is 2.46. The number of halogens is 3. The number of hydrogen-bond donors (Lipinski definition) is 2. The van der Waals surface area contributed by atoms with Gasteiger partial charge in [0.05, 0.1) is 17.1 Å². The van der Waals surface area contributed by atoms with Crippen LogP contribution in [0.25, 0.3) is 12.2 Å². The second-order valence-corrected chi connectivity index (χ2v) is 25.7. The van der Waals surface area contributed by atoms with Crippen molar-refractivity contribution in [2.75, 3.05) is 25.3 Å². The third-order valence-corrected chi connectivity index (χ3v) is 16.3.